The van der Waals surface area contributed by atoms with Crippen LogP contribution in [0, 0.1) is 13.8 Å². The zero-order valence-electron chi connectivity index (χ0n) is 19.0. The molecule has 0 fully saturated rings. The fourth-order valence-electron chi connectivity index (χ4n) is 3.38. The van der Waals surface area contributed by atoms with E-state index in [-0.39, 0.29) is 16.7 Å². The van der Waals surface area contributed by atoms with Crippen LogP contribution in [0.5, 0.6) is 0 Å². The molecule has 3 rings (SSSR count). The summed E-state index contributed by atoms with van der Waals surface area (Å²) in [5.41, 5.74) is 3.76. The molecule has 0 bridgehead atoms. The summed E-state index contributed by atoms with van der Waals surface area (Å²) in [4.78, 5) is 26.3. The van der Waals surface area contributed by atoms with Crippen molar-refractivity contribution >= 4 is 27.5 Å². The van der Waals surface area contributed by atoms with E-state index in [0.29, 0.717) is 28.9 Å². The van der Waals surface area contributed by atoms with Gasteiger partial charge in [-0.1, -0.05) is 30.3 Å². The number of aryl methyl sites for hydroxylation is 2. The molecule has 0 spiro atoms. The Labute approximate surface area is 194 Å². The number of hydrogen-bond donors (Lipinski definition) is 2. The van der Waals surface area contributed by atoms with Crippen LogP contribution in [0.15, 0.2) is 71.6 Å². The first-order valence-corrected chi connectivity index (χ1v) is 11.9. The summed E-state index contributed by atoms with van der Waals surface area (Å²) < 4.78 is 28.4. The molecule has 0 radical (unpaired) electrons. The molecule has 8 heteroatoms. The summed E-state index contributed by atoms with van der Waals surface area (Å²) >= 11 is 0. The minimum absolute atomic E-state index is 0.0151. The molecule has 0 saturated heterocycles. The lowest BCUT2D eigenvalue weighted by Crippen LogP contribution is -2.27. The Morgan fingerprint density at radius 1 is 0.939 bits per heavy atom. The maximum Gasteiger partial charge on any atom is 0.261 e. The van der Waals surface area contributed by atoms with Crippen molar-refractivity contribution < 1.29 is 18.0 Å². The average Bonchev–Trinajstić information content (AvgIpc) is 2.78. The minimum atomic E-state index is -3.86. The summed E-state index contributed by atoms with van der Waals surface area (Å²) in [5.74, 6) is -0.477. The number of nitrogens with zero attached hydrogens (tertiary/aromatic N) is 1. The number of rotatable bonds is 7. The Morgan fingerprint density at radius 2 is 1.64 bits per heavy atom. The lowest BCUT2D eigenvalue weighted by Gasteiger charge is -2.19. The number of benzene rings is 3. The van der Waals surface area contributed by atoms with E-state index < -0.39 is 10.0 Å². The highest BCUT2D eigenvalue weighted by atomic mass is 32.2. The molecule has 0 aliphatic heterocycles. The van der Waals surface area contributed by atoms with E-state index in [1.165, 1.54) is 17.0 Å². The monoisotopic (exact) mass is 465 g/mol. The first-order chi connectivity index (χ1) is 15.6. The van der Waals surface area contributed by atoms with Crippen LogP contribution in [-0.4, -0.2) is 39.2 Å². The Hall–Kier alpha value is -3.65. The molecule has 2 N–H and O–H groups in total. The normalized spacial score (nSPS) is 11.0. The van der Waals surface area contributed by atoms with Gasteiger partial charge >= 0.3 is 0 Å². The van der Waals surface area contributed by atoms with Crippen LogP contribution in [0.4, 0.5) is 5.69 Å². The highest BCUT2D eigenvalue weighted by Crippen LogP contribution is 2.21. The Bertz CT molecular complexity index is 1290. The zero-order chi connectivity index (χ0) is 24.2. The summed E-state index contributed by atoms with van der Waals surface area (Å²) in [5, 5.41) is 2.57. The molecule has 172 valence electrons. The summed E-state index contributed by atoms with van der Waals surface area (Å²) in [6.07, 6.45) is 0. The van der Waals surface area contributed by atoms with E-state index in [0.717, 1.165) is 11.1 Å². The number of carbonyl (C=O) groups is 2. The Morgan fingerprint density at radius 3 is 2.27 bits per heavy atom. The van der Waals surface area contributed by atoms with E-state index >= 15 is 0 Å². The molecule has 0 unspecified atom stereocenters. The van der Waals surface area contributed by atoms with Crippen LogP contribution in [0.3, 0.4) is 0 Å². The van der Waals surface area contributed by atoms with Gasteiger partial charge in [0, 0.05) is 37.5 Å². The SMILES string of the molecule is CNC(=O)c1ccc(CN(C)C(=O)c2cc(S(=O)(=O)Nc3cccc(C)c3)ccc2C)cc1. The van der Waals surface area contributed by atoms with Gasteiger partial charge in [-0.2, -0.15) is 0 Å². The summed E-state index contributed by atoms with van der Waals surface area (Å²) in [7, 11) is -0.643. The lowest BCUT2D eigenvalue weighted by molar-refractivity contribution is 0.0783. The van der Waals surface area contributed by atoms with E-state index in [1.807, 2.05) is 13.0 Å². The second kappa shape index (κ2) is 9.87. The minimum Gasteiger partial charge on any atom is -0.355 e. The number of sulfonamides is 1. The first kappa shape index (κ1) is 24.0. The molecule has 3 aromatic rings. The van der Waals surface area contributed by atoms with Crippen LogP contribution in [0.1, 0.15) is 37.4 Å². The van der Waals surface area contributed by atoms with Crippen LogP contribution in [0.2, 0.25) is 0 Å². The number of carbonyl (C=O) groups excluding carboxylic acids is 2. The van der Waals surface area contributed by atoms with Crippen LogP contribution in [-0.2, 0) is 16.6 Å². The molecule has 2 amide bonds. The third-order valence-corrected chi connectivity index (χ3v) is 6.61. The first-order valence-electron chi connectivity index (χ1n) is 10.4. The van der Waals surface area contributed by atoms with Gasteiger partial charge in [0.15, 0.2) is 0 Å². The molecule has 0 atom stereocenters. The van der Waals surface area contributed by atoms with Crippen molar-refractivity contribution in [2.24, 2.45) is 0 Å². The van der Waals surface area contributed by atoms with Gasteiger partial charge in [-0.3, -0.25) is 14.3 Å². The van der Waals surface area contributed by atoms with Crippen molar-refractivity contribution in [3.63, 3.8) is 0 Å². The van der Waals surface area contributed by atoms with Gasteiger partial charge in [-0.25, -0.2) is 8.42 Å². The zero-order valence-corrected chi connectivity index (χ0v) is 19.9. The predicted molar refractivity (Wildman–Crippen MR) is 129 cm³/mol. The molecule has 0 saturated carbocycles. The second-order valence-electron chi connectivity index (χ2n) is 7.89. The summed E-state index contributed by atoms with van der Waals surface area (Å²) in [6.45, 7) is 3.96. The van der Waals surface area contributed by atoms with E-state index in [9.17, 15) is 18.0 Å². The summed E-state index contributed by atoms with van der Waals surface area (Å²) in [6, 6.07) is 18.5. The Kier molecular flexibility index (Phi) is 7.18. The van der Waals surface area contributed by atoms with Crippen LogP contribution >= 0.6 is 0 Å². The maximum absolute atomic E-state index is 13.1. The number of anilines is 1. The standard InChI is InChI=1S/C25H27N3O4S/c1-17-6-5-7-21(14-17)27-33(31,32)22-13-8-18(2)23(15-22)25(30)28(4)16-19-9-11-20(12-10-19)24(29)26-3/h5-15,27H,16H2,1-4H3,(H,26,29). The van der Waals surface area contributed by atoms with Crippen LogP contribution in [0.25, 0.3) is 0 Å². The van der Waals surface area contributed by atoms with Gasteiger partial charge in [0.1, 0.15) is 0 Å². The number of nitrogens with one attached hydrogen (secondary N) is 2. The highest BCUT2D eigenvalue weighted by Gasteiger charge is 2.20. The van der Waals surface area contributed by atoms with E-state index in [1.54, 1.807) is 69.6 Å². The van der Waals surface area contributed by atoms with Gasteiger partial charge in [0.05, 0.1) is 4.90 Å². The van der Waals surface area contributed by atoms with Crippen molar-refractivity contribution in [1.82, 2.24) is 10.2 Å². The molecule has 33 heavy (non-hydrogen) atoms. The molecule has 0 heterocycles. The second-order valence-corrected chi connectivity index (χ2v) is 9.57. The smallest absolute Gasteiger partial charge is 0.261 e. The molecule has 3 aromatic carbocycles. The van der Waals surface area contributed by atoms with E-state index in [4.69, 9.17) is 0 Å². The average molecular weight is 466 g/mol. The van der Waals surface area contributed by atoms with Crippen molar-refractivity contribution in [2.75, 3.05) is 18.8 Å². The molecule has 7 nitrogen and oxygen atoms in total. The number of hydrogen-bond acceptors (Lipinski definition) is 4. The highest BCUT2D eigenvalue weighted by molar-refractivity contribution is 7.92. The Balaban J connectivity index is 1.80. The van der Waals surface area contributed by atoms with Crippen molar-refractivity contribution in [1.29, 1.82) is 0 Å². The third kappa shape index (κ3) is 5.78. The van der Waals surface area contributed by atoms with Crippen molar-refractivity contribution in [3.8, 4) is 0 Å². The predicted octanol–water partition coefficient (Wildman–Crippen LogP) is 3.74. The third-order valence-electron chi connectivity index (χ3n) is 5.23. The van der Waals surface area contributed by atoms with Crippen molar-refractivity contribution in [2.45, 2.75) is 25.3 Å². The van der Waals surface area contributed by atoms with Gasteiger partial charge < -0.3 is 10.2 Å². The lowest BCUT2D eigenvalue weighted by atomic mass is 10.1. The molecule has 0 aliphatic carbocycles. The molecular formula is C25H27N3O4S. The molecule has 0 aromatic heterocycles. The van der Waals surface area contributed by atoms with Gasteiger partial charge in [-0.05, 0) is 66.9 Å². The van der Waals surface area contributed by atoms with Gasteiger partial charge in [0.2, 0.25) is 0 Å². The molecule has 0 aliphatic rings. The fourth-order valence-corrected chi connectivity index (χ4v) is 4.45. The van der Waals surface area contributed by atoms with Gasteiger partial charge in [-0.15, -0.1) is 0 Å². The van der Waals surface area contributed by atoms with E-state index in [2.05, 4.69) is 10.0 Å². The largest absolute Gasteiger partial charge is 0.355 e. The molecular weight excluding hydrogens is 438 g/mol. The fraction of sp³-hybridized carbons (Fsp3) is 0.200. The quantitative estimate of drug-likeness (QED) is 0.556. The number of amides is 2. The van der Waals surface area contributed by atoms with Crippen molar-refractivity contribution in [3.05, 3.63) is 94.5 Å². The maximum atomic E-state index is 13.1. The topological polar surface area (TPSA) is 95.6 Å². The van der Waals surface area contributed by atoms with Crippen LogP contribution < -0.4 is 10.0 Å². The van der Waals surface area contributed by atoms with Gasteiger partial charge in [0.25, 0.3) is 21.8 Å².